The van der Waals surface area contributed by atoms with Crippen molar-refractivity contribution in [2.45, 2.75) is 25.0 Å². The number of aryl methyl sites for hydroxylation is 1. The van der Waals surface area contributed by atoms with Gasteiger partial charge in [-0.05, 0) is 26.0 Å². The summed E-state index contributed by atoms with van der Waals surface area (Å²) < 4.78 is 26.9. The Morgan fingerprint density at radius 2 is 1.71 bits per heavy atom. The highest BCUT2D eigenvalue weighted by Gasteiger charge is 2.17. The van der Waals surface area contributed by atoms with Crippen molar-refractivity contribution in [3.8, 4) is 0 Å². The predicted molar refractivity (Wildman–Crippen MR) is 49.6 cm³/mol. The van der Waals surface area contributed by atoms with Crippen molar-refractivity contribution in [3.63, 3.8) is 0 Å². The van der Waals surface area contributed by atoms with Gasteiger partial charge in [-0.25, -0.2) is 9.29 Å². The molecule has 5 heteroatoms. The minimum atomic E-state index is -3.89. The first-order valence-corrected chi connectivity index (χ1v) is 5.48. The van der Waals surface area contributed by atoms with Crippen molar-refractivity contribution >= 4 is 10.1 Å². The van der Waals surface area contributed by atoms with Gasteiger partial charge in [0.15, 0.2) is 0 Å². The lowest BCUT2D eigenvalue weighted by Gasteiger charge is -2.05. The fourth-order valence-electron chi connectivity index (χ4n) is 0.939. The van der Waals surface area contributed by atoms with E-state index in [0.717, 1.165) is 12.5 Å². The minimum absolute atomic E-state index is 0.00537. The monoisotopic (exact) mass is 215 g/mol. The molecule has 0 amide bonds. The van der Waals surface area contributed by atoms with Crippen LogP contribution in [0.15, 0.2) is 29.2 Å². The molecule has 14 heavy (non-hydrogen) atoms. The predicted octanol–water partition coefficient (Wildman–Crippen LogP) is 1.48. The maximum atomic E-state index is 11.3. The second-order valence-electron chi connectivity index (χ2n) is 2.93. The van der Waals surface area contributed by atoms with E-state index in [4.69, 9.17) is 0 Å². The molecule has 0 spiro atoms. The zero-order chi connectivity index (χ0) is 10.8. The van der Waals surface area contributed by atoms with Crippen molar-refractivity contribution in [2.75, 3.05) is 0 Å². The van der Waals surface area contributed by atoms with Gasteiger partial charge in [-0.2, -0.15) is 8.42 Å². The fraction of sp³-hybridized carbons (Fsp3) is 0.333. The fourth-order valence-corrected chi connectivity index (χ4v) is 1.88. The van der Waals surface area contributed by atoms with E-state index in [-0.39, 0.29) is 4.90 Å². The highest BCUT2D eigenvalue weighted by molar-refractivity contribution is 7.86. The number of hydrogen-bond acceptors (Lipinski definition) is 3. The summed E-state index contributed by atoms with van der Waals surface area (Å²) in [5.74, 6) is 0. The average molecular weight is 215 g/mol. The van der Waals surface area contributed by atoms with Crippen LogP contribution in [0.4, 0.5) is 0 Å². The normalized spacial score (nSPS) is 13.9. The molecule has 4 nitrogen and oxygen atoms in total. The Morgan fingerprint density at radius 1 is 1.21 bits per heavy atom. The minimum Gasteiger partial charge on any atom is -0.231 e. The number of benzene rings is 1. The first-order chi connectivity index (χ1) is 6.42. The molecule has 0 fully saturated rings. The quantitative estimate of drug-likeness (QED) is 0.566. The SMILES string of the molecule is Cc1ccc(S(=O)(=O)OC(C)[O])cc1. The largest absolute Gasteiger partial charge is 0.299 e. The third-order valence-corrected chi connectivity index (χ3v) is 2.95. The van der Waals surface area contributed by atoms with Crippen LogP contribution in [0.3, 0.4) is 0 Å². The molecule has 0 saturated heterocycles. The molecule has 0 N–H and O–H groups in total. The van der Waals surface area contributed by atoms with Crippen molar-refractivity contribution in [1.29, 1.82) is 0 Å². The summed E-state index contributed by atoms with van der Waals surface area (Å²) >= 11 is 0. The number of hydrogen-bond donors (Lipinski definition) is 0. The smallest absolute Gasteiger partial charge is 0.231 e. The molecule has 0 saturated carbocycles. The first-order valence-electron chi connectivity index (χ1n) is 4.07. The van der Waals surface area contributed by atoms with E-state index in [1.165, 1.54) is 12.1 Å². The summed E-state index contributed by atoms with van der Waals surface area (Å²) in [6.07, 6.45) is -1.58. The molecule has 1 unspecified atom stereocenters. The molecular formula is C9H11O4S. The molecule has 0 bridgehead atoms. The third kappa shape index (κ3) is 2.80. The van der Waals surface area contributed by atoms with E-state index >= 15 is 0 Å². The molecule has 1 aromatic rings. The van der Waals surface area contributed by atoms with Crippen molar-refractivity contribution in [1.82, 2.24) is 0 Å². The molecule has 0 aliphatic heterocycles. The van der Waals surface area contributed by atoms with Gasteiger partial charge in [0.25, 0.3) is 10.1 Å². The van der Waals surface area contributed by atoms with Gasteiger partial charge in [-0.3, -0.25) is 0 Å². The zero-order valence-electron chi connectivity index (χ0n) is 7.93. The maximum absolute atomic E-state index is 11.3. The molecule has 0 heterocycles. The van der Waals surface area contributed by atoms with Crippen LogP contribution in [-0.4, -0.2) is 14.7 Å². The molecule has 1 radical (unpaired) electrons. The number of rotatable bonds is 3. The van der Waals surface area contributed by atoms with E-state index in [1.54, 1.807) is 12.1 Å². The van der Waals surface area contributed by atoms with E-state index in [1.807, 2.05) is 6.92 Å². The highest BCUT2D eigenvalue weighted by Crippen LogP contribution is 2.14. The van der Waals surface area contributed by atoms with Crippen LogP contribution in [0.25, 0.3) is 0 Å². The highest BCUT2D eigenvalue weighted by atomic mass is 32.2. The van der Waals surface area contributed by atoms with E-state index in [2.05, 4.69) is 4.18 Å². The third-order valence-electron chi connectivity index (χ3n) is 1.57. The summed E-state index contributed by atoms with van der Waals surface area (Å²) in [5.41, 5.74) is 0.944. The lowest BCUT2D eigenvalue weighted by molar-refractivity contribution is -0.0506. The van der Waals surface area contributed by atoms with Gasteiger partial charge in [-0.15, -0.1) is 0 Å². The van der Waals surface area contributed by atoms with Gasteiger partial charge in [-0.1, -0.05) is 17.7 Å². The van der Waals surface area contributed by atoms with E-state index in [9.17, 15) is 13.5 Å². The van der Waals surface area contributed by atoms with Crippen LogP contribution in [0, 0.1) is 6.92 Å². The summed E-state index contributed by atoms with van der Waals surface area (Å²) in [7, 11) is -3.89. The van der Waals surface area contributed by atoms with E-state index < -0.39 is 16.4 Å². The molecule has 77 valence electrons. The molecule has 0 aliphatic rings. The Labute approximate surface area is 83.3 Å². The second-order valence-corrected chi connectivity index (χ2v) is 4.50. The first kappa shape index (κ1) is 11.2. The molecule has 0 aromatic heterocycles. The lowest BCUT2D eigenvalue weighted by Crippen LogP contribution is -2.13. The van der Waals surface area contributed by atoms with Gasteiger partial charge in [0.2, 0.25) is 6.29 Å². The van der Waals surface area contributed by atoms with Crippen LogP contribution in [0.1, 0.15) is 12.5 Å². The van der Waals surface area contributed by atoms with Crippen LogP contribution >= 0.6 is 0 Å². The summed E-state index contributed by atoms with van der Waals surface area (Å²) in [4.78, 5) is 0.00537. The maximum Gasteiger partial charge on any atom is 0.299 e. The van der Waals surface area contributed by atoms with Crippen LogP contribution in [0.2, 0.25) is 0 Å². The summed E-state index contributed by atoms with van der Waals surface area (Å²) in [5, 5.41) is 10.6. The van der Waals surface area contributed by atoms with Gasteiger partial charge in [0.05, 0.1) is 4.90 Å². The van der Waals surface area contributed by atoms with Crippen LogP contribution in [-0.2, 0) is 19.4 Å². The molecule has 1 rings (SSSR count). The van der Waals surface area contributed by atoms with E-state index in [0.29, 0.717) is 0 Å². The summed E-state index contributed by atoms with van der Waals surface area (Å²) in [6.45, 7) is 2.97. The Hall–Kier alpha value is -0.910. The standard InChI is InChI=1S/C9H11O4S/c1-7-3-5-9(6-4-7)14(11,12)13-8(2)10/h3-6,8H,1-2H3. The molecular weight excluding hydrogens is 204 g/mol. The van der Waals surface area contributed by atoms with Gasteiger partial charge in [0.1, 0.15) is 0 Å². The van der Waals surface area contributed by atoms with Crippen molar-refractivity contribution in [2.24, 2.45) is 0 Å². The Bertz CT molecular complexity index is 391. The van der Waals surface area contributed by atoms with Gasteiger partial charge in [0, 0.05) is 0 Å². The molecule has 1 atom stereocenters. The Kier molecular flexibility index (Phi) is 3.25. The second kappa shape index (κ2) is 4.08. The van der Waals surface area contributed by atoms with Gasteiger partial charge < -0.3 is 0 Å². The zero-order valence-corrected chi connectivity index (χ0v) is 8.74. The van der Waals surface area contributed by atoms with Crippen molar-refractivity contribution in [3.05, 3.63) is 29.8 Å². The van der Waals surface area contributed by atoms with Crippen LogP contribution < -0.4 is 0 Å². The molecule has 0 aliphatic carbocycles. The van der Waals surface area contributed by atoms with Gasteiger partial charge >= 0.3 is 0 Å². The topological polar surface area (TPSA) is 63.3 Å². The average Bonchev–Trinajstić information content (AvgIpc) is 2.02. The van der Waals surface area contributed by atoms with Crippen molar-refractivity contribution < 1.29 is 17.7 Å². The summed E-state index contributed by atoms with van der Waals surface area (Å²) in [6, 6.07) is 6.11. The Balaban J connectivity index is 2.99. The molecule has 1 aromatic carbocycles. The Morgan fingerprint density at radius 3 is 2.14 bits per heavy atom. The van der Waals surface area contributed by atoms with Crippen LogP contribution in [0.5, 0.6) is 0 Å². The lowest BCUT2D eigenvalue weighted by atomic mass is 10.2.